The lowest BCUT2D eigenvalue weighted by atomic mass is 9.92. The lowest BCUT2D eigenvalue weighted by Gasteiger charge is -2.38. The van der Waals surface area contributed by atoms with Crippen molar-refractivity contribution < 1.29 is 17.9 Å². The lowest BCUT2D eigenvalue weighted by molar-refractivity contribution is 0.147. The number of nitrogens with zero attached hydrogens (tertiary/aromatic N) is 6. The molecule has 3 aliphatic rings. The van der Waals surface area contributed by atoms with Crippen molar-refractivity contribution in [3.05, 3.63) is 53.5 Å². The van der Waals surface area contributed by atoms with Crippen LogP contribution in [0.25, 0.3) is 0 Å². The molecular weight excluding hydrogens is 459 g/mol. The number of piperidine rings is 1. The topological polar surface area (TPSA) is 81.0 Å². The second kappa shape index (κ2) is 8.69. The maximum atomic E-state index is 14.2. The molecule has 1 aliphatic carbocycles. The molecule has 0 spiro atoms. The van der Waals surface area contributed by atoms with E-state index in [9.17, 15) is 13.2 Å². The Bertz CT molecular complexity index is 1240. The van der Waals surface area contributed by atoms with Crippen molar-refractivity contribution in [2.24, 2.45) is 11.8 Å². The molecule has 11 heteroatoms. The summed E-state index contributed by atoms with van der Waals surface area (Å²) in [6.07, 6.45) is 4.61. The standard InChI is InChI=1S/C24H26F3N7O/c1-13-9-19(29-12-28-13)33-10-14-4-5-15(11-33)22(14)30-24-31-23-18(3-2-8-34(23)32-24)35-17-7-6-16(25)20(26)21(17)27/h6-7,9,12,14-15,18,22H,2-5,8,10-11H2,1H3,(H,30,32)/t14-,15+,18-,22-/m0/s1. The first-order chi connectivity index (χ1) is 17.0. The minimum Gasteiger partial charge on any atom is -0.479 e. The van der Waals surface area contributed by atoms with E-state index in [0.717, 1.165) is 56.0 Å². The molecule has 1 saturated carbocycles. The molecule has 8 nitrogen and oxygen atoms in total. The quantitative estimate of drug-likeness (QED) is 0.547. The second-order valence-electron chi connectivity index (χ2n) is 9.63. The Balaban J connectivity index is 1.17. The fourth-order valence-corrected chi connectivity index (χ4v) is 5.65. The van der Waals surface area contributed by atoms with E-state index >= 15 is 0 Å². The third-order valence-electron chi connectivity index (χ3n) is 7.34. The van der Waals surface area contributed by atoms with E-state index in [1.165, 1.54) is 0 Å². The number of aryl methyl sites for hydroxylation is 2. The van der Waals surface area contributed by atoms with E-state index in [2.05, 4.69) is 30.3 Å². The molecule has 0 unspecified atom stereocenters. The Morgan fingerprint density at radius 2 is 1.83 bits per heavy atom. The van der Waals surface area contributed by atoms with Crippen LogP contribution >= 0.6 is 0 Å². The summed E-state index contributed by atoms with van der Waals surface area (Å²) in [4.78, 5) is 15.7. The molecule has 2 bridgehead atoms. The first kappa shape index (κ1) is 22.1. The lowest BCUT2D eigenvalue weighted by Crippen LogP contribution is -2.48. The minimum atomic E-state index is -1.54. The Morgan fingerprint density at radius 3 is 2.60 bits per heavy atom. The van der Waals surface area contributed by atoms with Gasteiger partial charge in [-0.3, -0.25) is 0 Å². The number of ether oxygens (including phenoxy) is 1. The normalized spacial score (nSPS) is 25.4. The van der Waals surface area contributed by atoms with Crippen LogP contribution in [0.15, 0.2) is 24.5 Å². The molecule has 2 aromatic heterocycles. The van der Waals surface area contributed by atoms with Crippen LogP contribution in [0.4, 0.5) is 24.9 Å². The summed E-state index contributed by atoms with van der Waals surface area (Å²) in [6, 6.07) is 4.24. The van der Waals surface area contributed by atoms with E-state index in [0.29, 0.717) is 36.6 Å². The van der Waals surface area contributed by atoms with Gasteiger partial charge in [0.25, 0.3) is 0 Å². The first-order valence-electron chi connectivity index (χ1n) is 12.0. The Morgan fingerprint density at radius 1 is 1.03 bits per heavy atom. The van der Waals surface area contributed by atoms with Crippen LogP contribution in [0.5, 0.6) is 5.75 Å². The van der Waals surface area contributed by atoms with Gasteiger partial charge in [0.1, 0.15) is 12.1 Å². The van der Waals surface area contributed by atoms with Gasteiger partial charge in [-0.1, -0.05) is 0 Å². The van der Waals surface area contributed by atoms with Gasteiger partial charge in [-0.25, -0.2) is 23.4 Å². The smallest absolute Gasteiger partial charge is 0.242 e. The zero-order valence-electron chi connectivity index (χ0n) is 19.3. The van der Waals surface area contributed by atoms with Crippen molar-refractivity contribution in [1.82, 2.24) is 24.7 Å². The van der Waals surface area contributed by atoms with Crippen LogP contribution in [0.3, 0.4) is 0 Å². The molecule has 6 rings (SSSR count). The predicted octanol–water partition coefficient (Wildman–Crippen LogP) is 4.03. The van der Waals surface area contributed by atoms with Crippen molar-refractivity contribution in [3.8, 4) is 5.75 Å². The zero-order chi connectivity index (χ0) is 24.1. The van der Waals surface area contributed by atoms with Gasteiger partial charge in [0.05, 0.1) is 0 Å². The summed E-state index contributed by atoms with van der Waals surface area (Å²) in [5.74, 6) is -1.52. The van der Waals surface area contributed by atoms with Gasteiger partial charge in [-0.15, -0.1) is 5.10 Å². The molecule has 35 heavy (non-hydrogen) atoms. The zero-order valence-corrected chi connectivity index (χ0v) is 19.3. The molecular formula is C24H26F3N7O. The molecule has 4 atom stereocenters. The van der Waals surface area contributed by atoms with Crippen LogP contribution < -0.4 is 15.0 Å². The van der Waals surface area contributed by atoms with E-state index < -0.39 is 23.6 Å². The number of benzene rings is 1. The summed E-state index contributed by atoms with van der Waals surface area (Å²) >= 11 is 0. The van der Waals surface area contributed by atoms with Crippen molar-refractivity contribution in [2.45, 2.75) is 51.3 Å². The van der Waals surface area contributed by atoms with Gasteiger partial charge >= 0.3 is 0 Å². The minimum absolute atomic E-state index is 0.252. The number of halogens is 3. The largest absolute Gasteiger partial charge is 0.479 e. The molecule has 1 saturated heterocycles. The van der Waals surface area contributed by atoms with Gasteiger partial charge in [0.2, 0.25) is 11.8 Å². The number of fused-ring (bicyclic) bond motifs is 3. The van der Waals surface area contributed by atoms with Crippen molar-refractivity contribution in [2.75, 3.05) is 23.3 Å². The van der Waals surface area contributed by atoms with Crippen LogP contribution in [-0.2, 0) is 6.54 Å². The van der Waals surface area contributed by atoms with Gasteiger partial charge in [0, 0.05) is 37.4 Å². The molecule has 4 heterocycles. The van der Waals surface area contributed by atoms with Crippen LogP contribution in [0, 0.1) is 36.2 Å². The van der Waals surface area contributed by atoms with Gasteiger partial charge < -0.3 is 15.0 Å². The summed E-state index contributed by atoms with van der Waals surface area (Å²) < 4.78 is 48.6. The molecule has 0 radical (unpaired) electrons. The maximum Gasteiger partial charge on any atom is 0.242 e. The number of nitrogens with one attached hydrogen (secondary N) is 1. The maximum absolute atomic E-state index is 14.2. The average molecular weight is 486 g/mol. The third kappa shape index (κ3) is 4.06. The van der Waals surface area contributed by atoms with Gasteiger partial charge in [0.15, 0.2) is 29.3 Å². The highest BCUT2D eigenvalue weighted by Gasteiger charge is 2.43. The number of rotatable bonds is 5. The van der Waals surface area contributed by atoms with Crippen LogP contribution in [0.1, 0.15) is 43.3 Å². The Hall–Kier alpha value is -3.37. The van der Waals surface area contributed by atoms with E-state index in [1.54, 1.807) is 11.0 Å². The fourth-order valence-electron chi connectivity index (χ4n) is 5.65. The molecule has 184 valence electrons. The fraction of sp³-hybridized carbons (Fsp3) is 0.500. The summed E-state index contributed by atoms with van der Waals surface area (Å²) in [6.45, 7) is 4.44. The molecule has 1 aromatic carbocycles. The van der Waals surface area contributed by atoms with Crippen molar-refractivity contribution in [3.63, 3.8) is 0 Å². The summed E-state index contributed by atoms with van der Waals surface area (Å²) in [5, 5.41) is 8.18. The van der Waals surface area contributed by atoms with Crippen LogP contribution in [0.2, 0.25) is 0 Å². The monoisotopic (exact) mass is 485 g/mol. The highest BCUT2D eigenvalue weighted by atomic mass is 19.2. The molecule has 0 amide bonds. The Kier molecular flexibility index (Phi) is 5.49. The average Bonchev–Trinajstić information content (AvgIpc) is 3.36. The highest BCUT2D eigenvalue weighted by Crippen LogP contribution is 2.40. The third-order valence-corrected chi connectivity index (χ3v) is 7.34. The SMILES string of the molecule is Cc1cc(N2C[C@H]3CC[C@@H](C2)[C@@H]3Nc2nc3n(n2)CCC[C@@H]3Oc2ccc(F)c(F)c2F)ncn1. The summed E-state index contributed by atoms with van der Waals surface area (Å²) in [5.41, 5.74) is 0.954. The Labute approximate surface area is 200 Å². The number of hydrogen-bond donors (Lipinski definition) is 1. The second-order valence-corrected chi connectivity index (χ2v) is 9.63. The first-order valence-corrected chi connectivity index (χ1v) is 12.0. The van der Waals surface area contributed by atoms with E-state index in [1.807, 2.05) is 13.0 Å². The van der Waals surface area contributed by atoms with E-state index in [-0.39, 0.29) is 11.8 Å². The molecule has 2 fully saturated rings. The predicted molar refractivity (Wildman–Crippen MR) is 122 cm³/mol. The van der Waals surface area contributed by atoms with Gasteiger partial charge in [-0.2, -0.15) is 9.37 Å². The number of anilines is 2. The number of aromatic nitrogens is 5. The molecule has 3 aromatic rings. The molecule has 2 aliphatic heterocycles. The van der Waals surface area contributed by atoms with Crippen molar-refractivity contribution in [1.29, 1.82) is 0 Å². The van der Waals surface area contributed by atoms with Crippen molar-refractivity contribution >= 4 is 11.8 Å². The molecule has 1 N–H and O–H groups in total. The van der Waals surface area contributed by atoms with Crippen LogP contribution in [-0.4, -0.2) is 43.9 Å². The van der Waals surface area contributed by atoms with E-state index in [4.69, 9.17) is 4.74 Å². The highest BCUT2D eigenvalue weighted by molar-refractivity contribution is 5.41. The summed E-state index contributed by atoms with van der Waals surface area (Å²) in [7, 11) is 0. The number of hydrogen-bond acceptors (Lipinski definition) is 7. The van der Waals surface area contributed by atoms with Gasteiger partial charge in [-0.05, 0) is 56.6 Å².